The maximum atomic E-state index is 14.0. The zero-order chi connectivity index (χ0) is 29.1. The molecule has 7 heteroatoms. The van der Waals surface area contributed by atoms with E-state index in [-0.39, 0.29) is 30.6 Å². The summed E-state index contributed by atoms with van der Waals surface area (Å²) in [6.07, 6.45) is 2.05. The molecule has 1 aliphatic rings. The highest BCUT2D eigenvalue weighted by molar-refractivity contribution is 6.02. The first kappa shape index (κ1) is 27.1. The molecule has 7 nitrogen and oxygen atoms in total. The van der Waals surface area contributed by atoms with E-state index in [0.29, 0.717) is 18.8 Å². The van der Waals surface area contributed by atoms with Gasteiger partial charge in [0.2, 0.25) is 5.91 Å². The van der Waals surface area contributed by atoms with Crippen LogP contribution in [0, 0.1) is 0 Å². The minimum atomic E-state index is -0.310. The first-order chi connectivity index (χ1) is 20.5. The zero-order valence-electron chi connectivity index (χ0n) is 23.8. The number of rotatable bonds is 7. The number of hydrogen-bond donors (Lipinski definition) is 1. The van der Waals surface area contributed by atoms with Crippen LogP contribution < -0.4 is 10.1 Å². The molecule has 1 aromatic heterocycles. The fourth-order valence-corrected chi connectivity index (χ4v) is 5.62. The van der Waals surface area contributed by atoms with Crippen LogP contribution in [0.25, 0.3) is 10.8 Å². The molecule has 5 aromatic rings. The Labute approximate surface area is 245 Å². The maximum absolute atomic E-state index is 14.0. The van der Waals surface area contributed by atoms with E-state index in [0.717, 1.165) is 33.5 Å². The third-order valence-corrected chi connectivity index (χ3v) is 7.73. The number of urea groups is 1. The number of nitrogens with one attached hydrogen (secondary N) is 1. The average molecular weight is 559 g/mol. The maximum Gasteiger partial charge on any atom is 0.322 e. The van der Waals surface area contributed by atoms with E-state index in [1.807, 2.05) is 128 Å². The average Bonchev–Trinajstić information content (AvgIpc) is 3.49. The molecule has 0 saturated carbocycles. The number of carbonyl (C=O) groups excluding carboxylic acids is 2. The molecule has 0 radical (unpaired) electrons. The topological polar surface area (TPSA) is 66.8 Å². The van der Waals surface area contributed by atoms with Crippen molar-refractivity contribution in [3.63, 3.8) is 0 Å². The lowest BCUT2D eigenvalue weighted by Crippen LogP contribution is -2.50. The fourth-order valence-electron chi connectivity index (χ4n) is 5.62. The highest BCUT2D eigenvalue weighted by Crippen LogP contribution is 2.35. The van der Waals surface area contributed by atoms with Crippen LogP contribution in [0.4, 0.5) is 10.5 Å². The van der Waals surface area contributed by atoms with Crippen molar-refractivity contribution in [1.29, 1.82) is 0 Å². The van der Waals surface area contributed by atoms with Crippen LogP contribution in [0.1, 0.15) is 31.1 Å². The number of para-hydroxylation sites is 1. The summed E-state index contributed by atoms with van der Waals surface area (Å²) in [5.41, 5.74) is 2.70. The highest BCUT2D eigenvalue weighted by atomic mass is 16.5. The molecule has 1 atom stereocenters. The molecule has 3 amide bonds. The van der Waals surface area contributed by atoms with Gasteiger partial charge < -0.3 is 24.4 Å². The lowest BCUT2D eigenvalue weighted by molar-refractivity contribution is -0.134. The monoisotopic (exact) mass is 558 g/mol. The lowest BCUT2D eigenvalue weighted by atomic mass is 9.99. The Balaban J connectivity index is 1.25. The fraction of sp³-hybridized carbons (Fsp3) is 0.200. The van der Waals surface area contributed by atoms with Gasteiger partial charge in [0.1, 0.15) is 18.0 Å². The van der Waals surface area contributed by atoms with Crippen molar-refractivity contribution in [2.45, 2.75) is 32.5 Å². The number of aromatic nitrogens is 1. The molecule has 0 unspecified atom stereocenters. The second-order valence-electron chi connectivity index (χ2n) is 10.8. The Hall–Kier alpha value is -5.04. The Kier molecular flexibility index (Phi) is 7.64. The smallest absolute Gasteiger partial charge is 0.322 e. The Morgan fingerprint density at radius 1 is 0.857 bits per heavy atom. The number of fused-ring (bicyclic) bond motifs is 2. The molecule has 2 heterocycles. The van der Waals surface area contributed by atoms with Crippen molar-refractivity contribution in [3.05, 3.63) is 127 Å². The summed E-state index contributed by atoms with van der Waals surface area (Å²) >= 11 is 0. The standard InChI is InChI=1S/C35H34N4O3/c1-25(2)39(35(41)36-31-18-9-12-26-11-6-7-17-30(26)31)24-33(40)38-22-21-37-20-10-19-32(37)34(38)27-13-8-16-29(23-27)42-28-14-4-3-5-15-28/h3-20,23,25,34H,21-22,24H2,1-2H3,(H,36,41)/t34-/m0/s1. The van der Waals surface area contributed by atoms with Gasteiger partial charge in [-0.15, -0.1) is 0 Å². The molecule has 0 aliphatic carbocycles. The van der Waals surface area contributed by atoms with Crippen molar-refractivity contribution < 1.29 is 14.3 Å². The second-order valence-corrected chi connectivity index (χ2v) is 10.8. The summed E-state index contributed by atoms with van der Waals surface area (Å²) in [7, 11) is 0. The number of amides is 3. The van der Waals surface area contributed by atoms with E-state index in [9.17, 15) is 9.59 Å². The van der Waals surface area contributed by atoms with Crippen molar-refractivity contribution in [1.82, 2.24) is 14.4 Å². The molecule has 0 saturated heterocycles. The summed E-state index contributed by atoms with van der Waals surface area (Å²) in [5, 5.41) is 5.05. The minimum absolute atomic E-state index is 0.0360. The van der Waals surface area contributed by atoms with Gasteiger partial charge in [0.15, 0.2) is 0 Å². The Bertz CT molecular complexity index is 1710. The zero-order valence-corrected chi connectivity index (χ0v) is 23.8. The van der Waals surface area contributed by atoms with Gasteiger partial charge in [-0.2, -0.15) is 0 Å². The molecule has 0 fully saturated rings. The first-order valence-electron chi connectivity index (χ1n) is 14.3. The second kappa shape index (κ2) is 11.8. The predicted octanol–water partition coefficient (Wildman–Crippen LogP) is 7.31. The quantitative estimate of drug-likeness (QED) is 0.228. The summed E-state index contributed by atoms with van der Waals surface area (Å²) in [6, 6.07) is 34.6. The third kappa shape index (κ3) is 5.59. The van der Waals surface area contributed by atoms with E-state index in [1.165, 1.54) is 0 Å². The molecule has 0 spiro atoms. The number of carbonyl (C=O) groups is 2. The largest absolute Gasteiger partial charge is 0.457 e. The Morgan fingerprint density at radius 2 is 1.60 bits per heavy atom. The molecule has 212 valence electrons. The van der Waals surface area contributed by atoms with Gasteiger partial charge in [-0.25, -0.2) is 4.79 Å². The van der Waals surface area contributed by atoms with Gasteiger partial charge in [-0.05, 0) is 67.3 Å². The van der Waals surface area contributed by atoms with Gasteiger partial charge in [-0.1, -0.05) is 66.7 Å². The van der Waals surface area contributed by atoms with Gasteiger partial charge in [0.05, 0.1) is 11.7 Å². The minimum Gasteiger partial charge on any atom is -0.457 e. The van der Waals surface area contributed by atoms with Crippen molar-refractivity contribution in [2.24, 2.45) is 0 Å². The number of hydrogen-bond acceptors (Lipinski definition) is 3. The van der Waals surface area contributed by atoms with Crippen LogP contribution in [-0.4, -0.2) is 45.4 Å². The highest BCUT2D eigenvalue weighted by Gasteiger charge is 2.34. The van der Waals surface area contributed by atoms with Crippen LogP contribution in [0.5, 0.6) is 11.5 Å². The summed E-state index contributed by atoms with van der Waals surface area (Å²) in [5.74, 6) is 1.34. The number of nitrogens with zero attached hydrogens (tertiary/aromatic N) is 3. The van der Waals surface area contributed by atoms with E-state index in [4.69, 9.17) is 4.74 Å². The lowest BCUT2D eigenvalue weighted by Gasteiger charge is -2.39. The van der Waals surface area contributed by atoms with E-state index in [1.54, 1.807) is 4.90 Å². The van der Waals surface area contributed by atoms with Gasteiger partial charge in [-0.3, -0.25) is 4.79 Å². The van der Waals surface area contributed by atoms with Crippen LogP contribution >= 0.6 is 0 Å². The molecule has 42 heavy (non-hydrogen) atoms. The molecule has 1 N–H and O–H groups in total. The number of benzene rings is 4. The van der Waals surface area contributed by atoms with Crippen LogP contribution in [0.3, 0.4) is 0 Å². The van der Waals surface area contributed by atoms with Crippen LogP contribution in [0.15, 0.2) is 115 Å². The van der Waals surface area contributed by atoms with Gasteiger partial charge in [0.25, 0.3) is 0 Å². The van der Waals surface area contributed by atoms with E-state index in [2.05, 4.69) is 16.0 Å². The van der Waals surface area contributed by atoms with Crippen LogP contribution in [0.2, 0.25) is 0 Å². The Morgan fingerprint density at radius 3 is 2.43 bits per heavy atom. The molecular weight excluding hydrogens is 524 g/mol. The summed E-state index contributed by atoms with van der Waals surface area (Å²) in [4.78, 5) is 31.1. The van der Waals surface area contributed by atoms with E-state index < -0.39 is 0 Å². The van der Waals surface area contributed by atoms with Gasteiger partial charge >= 0.3 is 6.03 Å². The molecule has 6 rings (SSSR count). The normalized spacial score (nSPS) is 14.5. The molecule has 0 bridgehead atoms. The molecular formula is C35H34N4O3. The number of ether oxygens (including phenoxy) is 1. The van der Waals surface area contributed by atoms with Crippen molar-refractivity contribution in [2.75, 3.05) is 18.4 Å². The number of anilines is 1. The van der Waals surface area contributed by atoms with Crippen molar-refractivity contribution in [3.8, 4) is 11.5 Å². The summed E-state index contributed by atoms with van der Waals surface area (Å²) < 4.78 is 8.31. The predicted molar refractivity (Wildman–Crippen MR) is 166 cm³/mol. The van der Waals surface area contributed by atoms with Crippen molar-refractivity contribution >= 4 is 28.4 Å². The third-order valence-electron chi connectivity index (χ3n) is 7.73. The van der Waals surface area contributed by atoms with E-state index >= 15 is 0 Å². The molecule has 4 aromatic carbocycles. The SMILES string of the molecule is CC(C)N(CC(=O)N1CCn2cccc2[C@@H]1c1cccc(Oc2ccccc2)c1)C(=O)Nc1cccc2ccccc12. The van der Waals surface area contributed by atoms with Crippen LogP contribution in [-0.2, 0) is 11.3 Å². The first-order valence-corrected chi connectivity index (χ1v) is 14.3. The molecule has 1 aliphatic heterocycles. The summed E-state index contributed by atoms with van der Waals surface area (Å²) in [6.45, 7) is 5.05. The van der Waals surface area contributed by atoms with Gasteiger partial charge in [0, 0.05) is 36.4 Å².